The first-order valence-electron chi connectivity index (χ1n) is 12.6. The molecule has 36 heavy (non-hydrogen) atoms. The zero-order valence-electron chi connectivity index (χ0n) is 22.1. The second kappa shape index (κ2) is 10.5. The van der Waals surface area contributed by atoms with Crippen molar-refractivity contribution >= 4 is 16.8 Å². The Morgan fingerprint density at radius 2 is 1.78 bits per heavy atom. The van der Waals surface area contributed by atoms with Gasteiger partial charge in [0.1, 0.15) is 0 Å². The molecule has 0 fully saturated rings. The number of rotatable bonds is 8. The Bertz CT molecular complexity index is 1440. The van der Waals surface area contributed by atoms with Crippen LogP contribution in [0.3, 0.4) is 0 Å². The number of amides is 1. The zero-order chi connectivity index (χ0) is 26.0. The third-order valence-electron chi connectivity index (χ3n) is 6.59. The van der Waals surface area contributed by atoms with Crippen LogP contribution in [0.5, 0.6) is 0 Å². The van der Waals surface area contributed by atoms with Gasteiger partial charge in [-0.2, -0.15) is 0 Å². The number of nitrogens with zero attached hydrogens (tertiary/aromatic N) is 2. The summed E-state index contributed by atoms with van der Waals surface area (Å²) in [5.41, 5.74) is 7.18. The monoisotopic (exact) mass is 484 g/mol. The van der Waals surface area contributed by atoms with Crippen LogP contribution in [0.25, 0.3) is 22.0 Å². The van der Waals surface area contributed by atoms with Crippen LogP contribution in [0, 0.1) is 6.92 Å². The number of carbonyl (C=O) groups excluding carboxylic acids is 1. The van der Waals surface area contributed by atoms with Crippen LogP contribution in [-0.2, 0) is 19.5 Å². The Kier molecular flexibility index (Phi) is 7.45. The second-order valence-electron chi connectivity index (χ2n) is 10.0. The molecule has 2 aromatic carbocycles. The van der Waals surface area contributed by atoms with Crippen LogP contribution in [0.4, 0.5) is 0 Å². The van der Waals surface area contributed by atoms with Gasteiger partial charge in [-0.3, -0.25) is 9.59 Å². The molecule has 2 heterocycles. The summed E-state index contributed by atoms with van der Waals surface area (Å²) in [6, 6.07) is 16.9. The van der Waals surface area contributed by atoms with Crippen LogP contribution in [0.2, 0.25) is 0 Å². The molecule has 0 aliphatic heterocycles. The van der Waals surface area contributed by atoms with Crippen LogP contribution in [-0.4, -0.2) is 34.5 Å². The lowest BCUT2D eigenvalue weighted by molar-refractivity contribution is 0.0952. The minimum absolute atomic E-state index is 0.144. The maximum Gasteiger partial charge on any atom is 0.253 e. The predicted molar refractivity (Wildman–Crippen MR) is 147 cm³/mol. The van der Waals surface area contributed by atoms with Crippen molar-refractivity contribution in [2.75, 3.05) is 14.1 Å². The van der Waals surface area contributed by atoms with Gasteiger partial charge in [0.25, 0.3) is 11.5 Å². The van der Waals surface area contributed by atoms with Crippen molar-refractivity contribution in [1.82, 2.24) is 19.8 Å². The van der Waals surface area contributed by atoms with Gasteiger partial charge in [-0.1, -0.05) is 31.2 Å². The van der Waals surface area contributed by atoms with Gasteiger partial charge in [0.2, 0.25) is 0 Å². The quantitative estimate of drug-likeness (QED) is 0.350. The SMILES string of the molecule is CCc1cc(C)[nH]c(=O)c1CNC(=O)c1cc(-c2ccc(CN(C)C)cc2)cc2c1ccn2C(C)C. The summed E-state index contributed by atoms with van der Waals surface area (Å²) in [4.78, 5) is 31.1. The molecule has 0 atom stereocenters. The molecule has 0 aliphatic carbocycles. The second-order valence-corrected chi connectivity index (χ2v) is 10.0. The molecule has 6 nitrogen and oxygen atoms in total. The van der Waals surface area contributed by atoms with Crippen molar-refractivity contribution in [1.29, 1.82) is 0 Å². The first kappa shape index (κ1) is 25.5. The smallest absolute Gasteiger partial charge is 0.253 e. The highest BCUT2D eigenvalue weighted by molar-refractivity contribution is 6.08. The molecule has 0 saturated heterocycles. The van der Waals surface area contributed by atoms with Gasteiger partial charge < -0.3 is 19.8 Å². The number of fused-ring (bicyclic) bond motifs is 1. The van der Waals surface area contributed by atoms with E-state index in [0.29, 0.717) is 11.1 Å². The fourth-order valence-electron chi connectivity index (χ4n) is 4.79. The lowest BCUT2D eigenvalue weighted by Gasteiger charge is -2.15. The largest absolute Gasteiger partial charge is 0.348 e. The van der Waals surface area contributed by atoms with Crippen molar-refractivity contribution in [3.63, 3.8) is 0 Å². The highest BCUT2D eigenvalue weighted by Crippen LogP contribution is 2.31. The third kappa shape index (κ3) is 5.29. The van der Waals surface area contributed by atoms with E-state index in [2.05, 4.69) is 78.0 Å². The minimum atomic E-state index is -0.186. The lowest BCUT2D eigenvalue weighted by Crippen LogP contribution is -2.28. The molecule has 2 N–H and O–H groups in total. The lowest BCUT2D eigenvalue weighted by atomic mass is 9.98. The predicted octanol–water partition coefficient (Wildman–Crippen LogP) is 5.44. The Morgan fingerprint density at radius 1 is 1.06 bits per heavy atom. The van der Waals surface area contributed by atoms with Crippen LogP contribution in [0.1, 0.15) is 59.6 Å². The number of H-pyrrole nitrogens is 1. The fraction of sp³-hybridized carbons (Fsp3) is 0.333. The fourth-order valence-corrected chi connectivity index (χ4v) is 4.79. The molecule has 0 bridgehead atoms. The summed E-state index contributed by atoms with van der Waals surface area (Å²) < 4.78 is 2.19. The van der Waals surface area contributed by atoms with Gasteiger partial charge in [-0.15, -0.1) is 0 Å². The van der Waals surface area contributed by atoms with E-state index in [-0.39, 0.29) is 24.1 Å². The average Bonchev–Trinajstić information content (AvgIpc) is 3.26. The Labute approximate surface area is 213 Å². The maximum absolute atomic E-state index is 13.5. The van der Waals surface area contributed by atoms with E-state index >= 15 is 0 Å². The maximum atomic E-state index is 13.5. The van der Waals surface area contributed by atoms with Crippen molar-refractivity contribution in [2.45, 2.75) is 53.2 Å². The van der Waals surface area contributed by atoms with Crippen LogP contribution in [0.15, 0.2) is 59.5 Å². The molecule has 0 aliphatic rings. The number of aromatic amines is 1. The molecule has 0 saturated carbocycles. The Morgan fingerprint density at radius 3 is 2.42 bits per heavy atom. The van der Waals surface area contributed by atoms with Gasteiger partial charge in [0.15, 0.2) is 0 Å². The standard InChI is InChI=1S/C30H36N4O2/c1-7-22-14-20(4)32-30(36)27(22)17-31-29(35)26-15-24(16-28-25(26)12-13-34(28)19(2)3)23-10-8-21(9-11-23)18-33(5)6/h8-16,19H,7,17-18H2,1-6H3,(H,31,35)(H,32,36). The molecule has 4 aromatic rings. The summed E-state index contributed by atoms with van der Waals surface area (Å²) in [6.07, 6.45) is 2.77. The molecule has 1 amide bonds. The Balaban J connectivity index is 1.72. The van der Waals surface area contributed by atoms with E-state index in [9.17, 15) is 9.59 Å². The Hall–Kier alpha value is -3.64. The molecule has 188 valence electrons. The highest BCUT2D eigenvalue weighted by atomic mass is 16.1. The van der Waals surface area contributed by atoms with E-state index in [1.807, 2.05) is 38.2 Å². The third-order valence-corrected chi connectivity index (χ3v) is 6.59. The first-order chi connectivity index (χ1) is 17.2. The summed E-state index contributed by atoms with van der Waals surface area (Å²) >= 11 is 0. The summed E-state index contributed by atoms with van der Waals surface area (Å²) in [5, 5.41) is 3.92. The molecular weight excluding hydrogens is 448 g/mol. The van der Waals surface area contributed by atoms with E-state index in [4.69, 9.17) is 0 Å². The zero-order valence-corrected chi connectivity index (χ0v) is 22.1. The minimum Gasteiger partial charge on any atom is -0.348 e. The van der Waals surface area contributed by atoms with Crippen molar-refractivity contribution in [3.8, 4) is 11.1 Å². The normalized spacial score (nSPS) is 11.6. The molecule has 0 spiro atoms. The van der Waals surface area contributed by atoms with E-state index in [0.717, 1.165) is 46.3 Å². The van der Waals surface area contributed by atoms with Crippen molar-refractivity contribution < 1.29 is 4.79 Å². The number of aryl methyl sites for hydroxylation is 2. The van der Waals surface area contributed by atoms with Gasteiger partial charge in [0.05, 0.1) is 0 Å². The van der Waals surface area contributed by atoms with E-state index < -0.39 is 0 Å². The van der Waals surface area contributed by atoms with Gasteiger partial charge in [0, 0.05) is 53.1 Å². The van der Waals surface area contributed by atoms with Crippen molar-refractivity contribution in [2.24, 2.45) is 0 Å². The first-order valence-corrected chi connectivity index (χ1v) is 12.6. The average molecular weight is 485 g/mol. The molecule has 0 unspecified atom stereocenters. The summed E-state index contributed by atoms with van der Waals surface area (Å²) in [5.74, 6) is -0.186. The van der Waals surface area contributed by atoms with E-state index in [1.165, 1.54) is 5.56 Å². The topological polar surface area (TPSA) is 70.1 Å². The van der Waals surface area contributed by atoms with Crippen molar-refractivity contribution in [3.05, 3.63) is 93.0 Å². The molecule has 2 aromatic heterocycles. The number of nitrogens with one attached hydrogen (secondary N) is 2. The highest BCUT2D eigenvalue weighted by Gasteiger charge is 2.17. The number of carbonyl (C=O) groups is 1. The van der Waals surface area contributed by atoms with Gasteiger partial charge >= 0.3 is 0 Å². The summed E-state index contributed by atoms with van der Waals surface area (Å²) in [6.45, 7) is 9.23. The van der Waals surface area contributed by atoms with Gasteiger partial charge in [-0.25, -0.2) is 0 Å². The molecule has 4 rings (SSSR count). The van der Waals surface area contributed by atoms with E-state index in [1.54, 1.807) is 0 Å². The van der Waals surface area contributed by atoms with Gasteiger partial charge in [-0.05, 0) is 87.8 Å². The number of pyridine rings is 1. The number of benzene rings is 2. The number of hydrogen-bond acceptors (Lipinski definition) is 3. The molecule has 0 radical (unpaired) electrons. The molecule has 6 heteroatoms. The molecular formula is C30H36N4O2. The summed E-state index contributed by atoms with van der Waals surface area (Å²) in [7, 11) is 4.11. The number of hydrogen-bond donors (Lipinski definition) is 2. The number of aromatic nitrogens is 2. The van der Waals surface area contributed by atoms with Crippen LogP contribution >= 0.6 is 0 Å². The van der Waals surface area contributed by atoms with Crippen LogP contribution < -0.4 is 10.9 Å².